The number of fused-ring (bicyclic) bond motifs is 1. The van der Waals surface area contributed by atoms with Crippen molar-refractivity contribution in [3.05, 3.63) is 88.4 Å². The van der Waals surface area contributed by atoms with Gasteiger partial charge in [0.1, 0.15) is 22.9 Å². The molecule has 5 rings (SSSR count). The second-order valence-corrected chi connectivity index (χ2v) is 13.3. The highest BCUT2D eigenvalue weighted by Crippen LogP contribution is 2.45. The molecule has 1 fully saturated rings. The molecule has 1 atom stereocenters. The normalized spacial score (nSPS) is 20.2. The van der Waals surface area contributed by atoms with Gasteiger partial charge in [0, 0.05) is 16.2 Å². The molecular formula is C29H33N3O5S2. The minimum absolute atomic E-state index is 0.0639. The van der Waals surface area contributed by atoms with Gasteiger partial charge in [0.25, 0.3) is 10.0 Å². The molecule has 2 heterocycles. The van der Waals surface area contributed by atoms with Gasteiger partial charge in [-0.15, -0.1) is 11.3 Å². The van der Waals surface area contributed by atoms with E-state index in [1.54, 1.807) is 24.6 Å². The van der Waals surface area contributed by atoms with Gasteiger partial charge in [0.2, 0.25) is 5.91 Å². The number of nitrogens with zero attached hydrogens (tertiary/aromatic N) is 2. The Balaban J connectivity index is 1.61. The SMILES string of the molecule is C=C(OCC)C1=C(OCc2cscn2)C(C)(S(=O)(=O)n2c(CNC(=O)C3(C)CC3)cc3ccccc32)CC=C1. The predicted octanol–water partition coefficient (Wildman–Crippen LogP) is 5.43. The van der Waals surface area contributed by atoms with E-state index in [0.717, 1.165) is 18.2 Å². The molecule has 10 heteroatoms. The number of allylic oxidation sites excluding steroid dienone is 2. The van der Waals surface area contributed by atoms with Crippen molar-refractivity contribution < 1.29 is 22.7 Å². The lowest BCUT2D eigenvalue weighted by molar-refractivity contribution is -0.125. The predicted molar refractivity (Wildman–Crippen MR) is 152 cm³/mol. The summed E-state index contributed by atoms with van der Waals surface area (Å²) in [6.45, 7) is 10.1. The van der Waals surface area contributed by atoms with E-state index >= 15 is 0 Å². The molecule has 39 heavy (non-hydrogen) atoms. The van der Waals surface area contributed by atoms with E-state index in [9.17, 15) is 13.2 Å². The highest BCUT2D eigenvalue weighted by Gasteiger charge is 2.49. The van der Waals surface area contributed by atoms with Crippen LogP contribution in [0.2, 0.25) is 0 Å². The van der Waals surface area contributed by atoms with Gasteiger partial charge in [-0.3, -0.25) is 4.79 Å². The van der Waals surface area contributed by atoms with E-state index in [-0.39, 0.29) is 36.7 Å². The highest BCUT2D eigenvalue weighted by atomic mass is 32.2. The maximum atomic E-state index is 14.8. The van der Waals surface area contributed by atoms with E-state index in [2.05, 4.69) is 16.9 Å². The molecule has 1 amide bonds. The molecule has 0 aliphatic heterocycles. The fraction of sp³-hybridized carbons (Fsp3) is 0.379. The minimum Gasteiger partial charge on any atom is -0.494 e. The molecule has 206 valence electrons. The van der Waals surface area contributed by atoms with Crippen molar-refractivity contribution in [1.29, 1.82) is 0 Å². The topological polar surface area (TPSA) is 99.5 Å². The molecule has 3 aromatic rings. The summed E-state index contributed by atoms with van der Waals surface area (Å²) in [6.07, 6.45) is 5.47. The average Bonchev–Trinajstić information content (AvgIpc) is 3.29. The summed E-state index contributed by atoms with van der Waals surface area (Å²) in [6, 6.07) is 9.15. The number of thiazole rings is 1. The molecule has 8 nitrogen and oxygen atoms in total. The number of para-hydroxylation sites is 1. The summed E-state index contributed by atoms with van der Waals surface area (Å²) in [5, 5.41) is 5.60. The zero-order valence-electron chi connectivity index (χ0n) is 22.4. The Morgan fingerprint density at radius 2 is 2.03 bits per heavy atom. The molecule has 1 aromatic carbocycles. The fourth-order valence-corrected chi connectivity index (χ4v) is 7.34. The number of rotatable bonds is 11. The number of ether oxygens (including phenoxy) is 2. The minimum atomic E-state index is -4.15. The first-order valence-electron chi connectivity index (χ1n) is 13.0. The number of carbonyl (C=O) groups is 1. The zero-order chi connectivity index (χ0) is 27.8. The summed E-state index contributed by atoms with van der Waals surface area (Å²) >= 11 is 1.44. The Bertz CT molecular complexity index is 1580. The first-order valence-corrected chi connectivity index (χ1v) is 15.3. The number of nitrogens with one attached hydrogen (secondary N) is 1. The van der Waals surface area contributed by atoms with E-state index in [4.69, 9.17) is 9.47 Å². The third-order valence-corrected chi connectivity index (χ3v) is 10.5. The third-order valence-electron chi connectivity index (χ3n) is 7.51. The van der Waals surface area contributed by atoms with E-state index < -0.39 is 14.8 Å². The molecule has 1 N–H and O–H groups in total. The number of aromatic nitrogens is 2. The van der Waals surface area contributed by atoms with Crippen molar-refractivity contribution in [2.45, 2.75) is 57.9 Å². The van der Waals surface area contributed by atoms with Crippen molar-refractivity contribution in [2.24, 2.45) is 5.41 Å². The highest BCUT2D eigenvalue weighted by molar-refractivity contribution is 7.91. The molecular weight excluding hydrogens is 534 g/mol. The third kappa shape index (κ3) is 4.91. The largest absolute Gasteiger partial charge is 0.494 e. The lowest BCUT2D eigenvalue weighted by atomic mass is 9.93. The summed E-state index contributed by atoms with van der Waals surface area (Å²) in [7, 11) is -4.15. The van der Waals surface area contributed by atoms with Crippen LogP contribution in [-0.2, 0) is 37.4 Å². The van der Waals surface area contributed by atoms with E-state index in [1.807, 2.05) is 49.6 Å². The average molecular weight is 568 g/mol. The van der Waals surface area contributed by atoms with Gasteiger partial charge in [0.15, 0.2) is 0 Å². The van der Waals surface area contributed by atoms with Crippen LogP contribution in [0.3, 0.4) is 0 Å². The fourth-order valence-electron chi connectivity index (χ4n) is 4.83. The van der Waals surface area contributed by atoms with Gasteiger partial charge >= 0.3 is 0 Å². The Labute approximate surface area is 233 Å². The number of hydrogen-bond acceptors (Lipinski definition) is 7. The smallest absolute Gasteiger partial charge is 0.252 e. The first kappa shape index (κ1) is 27.2. The van der Waals surface area contributed by atoms with Gasteiger partial charge in [-0.25, -0.2) is 17.4 Å². The molecule has 2 aliphatic carbocycles. The molecule has 2 aliphatic rings. The van der Waals surface area contributed by atoms with Crippen LogP contribution in [0.1, 0.15) is 51.4 Å². The van der Waals surface area contributed by atoms with Crippen LogP contribution in [0.4, 0.5) is 0 Å². The van der Waals surface area contributed by atoms with Crippen LogP contribution in [0.15, 0.2) is 77.0 Å². The number of amides is 1. The molecule has 0 bridgehead atoms. The monoisotopic (exact) mass is 567 g/mol. The van der Waals surface area contributed by atoms with Crippen LogP contribution in [0.5, 0.6) is 0 Å². The van der Waals surface area contributed by atoms with E-state index in [0.29, 0.717) is 34.8 Å². The molecule has 0 spiro atoms. The number of hydrogen-bond donors (Lipinski definition) is 1. The van der Waals surface area contributed by atoms with Crippen LogP contribution >= 0.6 is 11.3 Å². The molecule has 1 unspecified atom stereocenters. The summed E-state index contributed by atoms with van der Waals surface area (Å²) in [5.41, 5.74) is 3.55. The molecule has 0 saturated heterocycles. The van der Waals surface area contributed by atoms with Crippen molar-refractivity contribution in [1.82, 2.24) is 14.3 Å². The van der Waals surface area contributed by atoms with Crippen LogP contribution in [-0.4, -0.2) is 34.6 Å². The van der Waals surface area contributed by atoms with Crippen molar-refractivity contribution in [3.8, 4) is 0 Å². The first-order chi connectivity index (χ1) is 18.6. The maximum absolute atomic E-state index is 14.8. The lowest BCUT2D eigenvalue weighted by Gasteiger charge is -2.35. The van der Waals surface area contributed by atoms with Crippen LogP contribution in [0, 0.1) is 5.41 Å². The Kier molecular flexibility index (Phi) is 7.19. The summed E-state index contributed by atoms with van der Waals surface area (Å²) in [5.74, 6) is 0.534. The Morgan fingerprint density at radius 3 is 2.72 bits per heavy atom. The van der Waals surface area contributed by atoms with Gasteiger partial charge in [0.05, 0.1) is 41.1 Å². The van der Waals surface area contributed by atoms with Crippen molar-refractivity contribution in [3.63, 3.8) is 0 Å². The van der Waals surface area contributed by atoms with Gasteiger partial charge < -0.3 is 14.8 Å². The maximum Gasteiger partial charge on any atom is 0.252 e. The van der Waals surface area contributed by atoms with E-state index in [1.165, 1.54) is 15.3 Å². The quantitative estimate of drug-likeness (QED) is 0.310. The molecule has 1 saturated carbocycles. The number of carbonyl (C=O) groups excluding carboxylic acids is 1. The van der Waals surface area contributed by atoms with Crippen molar-refractivity contribution in [2.75, 3.05) is 6.61 Å². The standard InChI is InChI=1S/C29H33N3O5S2/c1-5-36-20(2)24-10-8-12-29(4,26(24)37-17-22-18-38-19-31-22)39(34,35)32-23(15-21-9-6-7-11-25(21)32)16-30-27(33)28(3)13-14-28/h6-11,15,18-19H,2,5,12-14,16-17H2,1,3-4H3,(H,30,33). The van der Waals surface area contributed by atoms with Crippen LogP contribution < -0.4 is 5.32 Å². The Hall–Kier alpha value is -3.37. The lowest BCUT2D eigenvalue weighted by Crippen LogP contribution is -2.44. The number of benzene rings is 1. The Morgan fingerprint density at radius 1 is 1.26 bits per heavy atom. The molecule has 2 aromatic heterocycles. The second-order valence-electron chi connectivity index (χ2n) is 10.4. The van der Waals surface area contributed by atoms with Gasteiger partial charge in [-0.1, -0.05) is 43.9 Å². The van der Waals surface area contributed by atoms with Gasteiger partial charge in [-0.05, 0) is 45.2 Å². The van der Waals surface area contributed by atoms with Gasteiger partial charge in [-0.2, -0.15) is 0 Å². The van der Waals surface area contributed by atoms with Crippen molar-refractivity contribution >= 4 is 38.2 Å². The summed E-state index contributed by atoms with van der Waals surface area (Å²) < 4.78 is 41.4. The zero-order valence-corrected chi connectivity index (χ0v) is 24.0. The summed E-state index contributed by atoms with van der Waals surface area (Å²) in [4.78, 5) is 17.0. The van der Waals surface area contributed by atoms with Crippen LogP contribution in [0.25, 0.3) is 10.9 Å². The second kappa shape index (κ2) is 10.3. The molecule has 0 radical (unpaired) electrons.